The Morgan fingerprint density at radius 2 is 2.04 bits per heavy atom. The molecule has 3 unspecified atom stereocenters. The molecule has 124 valence electrons. The van der Waals surface area contributed by atoms with E-state index in [1.165, 1.54) is 17.7 Å². The predicted molar refractivity (Wildman–Crippen MR) is 89.1 cm³/mol. The van der Waals surface area contributed by atoms with Crippen molar-refractivity contribution in [3.63, 3.8) is 0 Å². The summed E-state index contributed by atoms with van der Waals surface area (Å²) in [5.74, 6) is 0.924. The van der Waals surface area contributed by atoms with Crippen LogP contribution in [0.5, 0.6) is 0 Å². The molecular weight excluding hydrogens is 329 g/mol. The maximum atomic E-state index is 13.2. The fraction of sp³-hybridized carbons (Fsp3) is 0.444. The number of rotatable bonds is 2. The number of ether oxygens (including phenoxy) is 1. The first-order valence-corrected chi connectivity index (χ1v) is 8.77. The summed E-state index contributed by atoms with van der Waals surface area (Å²) in [5.41, 5.74) is 3.28. The third kappa shape index (κ3) is 2.22. The van der Waals surface area contributed by atoms with Crippen LogP contribution in [0.1, 0.15) is 35.6 Å². The number of morpholine rings is 1. The first-order valence-electron chi connectivity index (χ1n) is 8.39. The van der Waals surface area contributed by atoms with E-state index in [0.29, 0.717) is 17.4 Å². The molecule has 3 aliphatic rings. The Morgan fingerprint density at radius 1 is 1.21 bits per heavy atom. The lowest BCUT2D eigenvalue weighted by Gasteiger charge is -2.29. The van der Waals surface area contributed by atoms with Gasteiger partial charge in [0.1, 0.15) is 11.6 Å². The summed E-state index contributed by atoms with van der Waals surface area (Å²) in [7, 11) is 0. The van der Waals surface area contributed by atoms with Crippen molar-refractivity contribution in [3.8, 4) is 0 Å². The van der Waals surface area contributed by atoms with Crippen LogP contribution in [0.3, 0.4) is 0 Å². The number of aromatic nitrogens is 2. The number of hydrogen-bond donors (Lipinski definition) is 0. The minimum absolute atomic E-state index is 0.163. The molecular formula is C18H17ClFN3O. The van der Waals surface area contributed by atoms with Crippen LogP contribution in [0.2, 0.25) is 5.28 Å². The van der Waals surface area contributed by atoms with E-state index in [1.807, 2.05) is 12.1 Å². The van der Waals surface area contributed by atoms with Crippen molar-refractivity contribution in [2.24, 2.45) is 0 Å². The maximum absolute atomic E-state index is 13.2. The Balaban J connectivity index is 1.56. The molecule has 3 atom stereocenters. The number of fused-ring (bicyclic) bond motifs is 3. The smallest absolute Gasteiger partial charge is 0.224 e. The van der Waals surface area contributed by atoms with Gasteiger partial charge in [0.15, 0.2) is 0 Å². The molecule has 2 aliphatic heterocycles. The van der Waals surface area contributed by atoms with Crippen LogP contribution in [0, 0.1) is 5.82 Å². The average Bonchev–Trinajstić information content (AvgIpc) is 3.29. The molecule has 6 heteroatoms. The highest BCUT2D eigenvalue weighted by molar-refractivity contribution is 6.28. The molecule has 2 aromatic rings. The Morgan fingerprint density at radius 3 is 2.75 bits per heavy atom. The van der Waals surface area contributed by atoms with Gasteiger partial charge >= 0.3 is 0 Å². The number of benzene rings is 1. The van der Waals surface area contributed by atoms with Gasteiger partial charge in [-0.25, -0.2) is 14.4 Å². The monoisotopic (exact) mass is 345 g/mol. The molecule has 0 radical (unpaired) electrons. The van der Waals surface area contributed by atoms with Gasteiger partial charge in [0.05, 0.1) is 24.4 Å². The van der Waals surface area contributed by atoms with E-state index < -0.39 is 0 Å². The van der Waals surface area contributed by atoms with E-state index in [2.05, 4.69) is 14.9 Å². The van der Waals surface area contributed by atoms with E-state index in [1.54, 1.807) is 0 Å². The fourth-order valence-electron chi connectivity index (χ4n) is 4.33. The lowest BCUT2D eigenvalue weighted by molar-refractivity contribution is 0.0988. The van der Waals surface area contributed by atoms with E-state index >= 15 is 0 Å². The minimum atomic E-state index is -0.216. The van der Waals surface area contributed by atoms with Gasteiger partial charge < -0.3 is 9.64 Å². The van der Waals surface area contributed by atoms with Crippen molar-refractivity contribution < 1.29 is 9.13 Å². The van der Waals surface area contributed by atoms with Crippen LogP contribution in [-0.2, 0) is 11.2 Å². The van der Waals surface area contributed by atoms with Crippen molar-refractivity contribution >= 4 is 17.4 Å². The van der Waals surface area contributed by atoms with E-state index in [4.69, 9.17) is 16.3 Å². The van der Waals surface area contributed by atoms with Gasteiger partial charge in [-0.1, -0.05) is 12.1 Å². The number of nitrogens with zero attached hydrogens (tertiary/aromatic N) is 3. The number of hydrogen-bond acceptors (Lipinski definition) is 4. The van der Waals surface area contributed by atoms with Crippen LogP contribution in [-0.4, -0.2) is 35.3 Å². The van der Waals surface area contributed by atoms with Gasteiger partial charge in [-0.15, -0.1) is 0 Å². The van der Waals surface area contributed by atoms with E-state index in [9.17, 15) is 4.39 Å². The SMILES string of the molecule is Fc1ccc(C2CCc3c2nc(Cl)nc3N2CC3CC2CO3)cc1. The molecule has 2 fully saturated rings. The Kier molecular flexibility index (Phi) is 3.28. The van der Waals surface area contributed by atoms with Gasteiger partial charge in [0.2, 0.25) is 5.28 Å². The topological polar surface area (TPSA) is 38.2 Å². The zero-order chi connectivity index (χ0) is 16.3. The first kappa shape index (κ1) is 14.6. The van der Waals surface area contributed by atoms with E-state index in [0.717, 1.165) is 49.5 Å². The molecule has 1 aliphatic carbocycles. The standard InChI is InChI=1S/C18H17ClFN3O/c19-18-21-16-14(10-1-3-11(20)4-2-10)5-6-15(16)17(22-18)23-8-13-7-12(23)9-24-13/h1-4,12-14H,5-9H2. The van der Waals surface area contributed by atoms with Crippen molar-refractivity contribution in [1.29, 1.82) is 0 Å². The van der Waals surface area contributed by atoms with Crippen LogP contribution in [0.4, 0.5) is 10.2 Å². The Labute approximate surface area is 144 Å². The van der Waals surface area contributed by atoms with Crippen molar-refractivity contribution in [2.75, 3.05) is 18.1 Å². The zero-order valence-electron chi connectivity index (χ0n) is 13.1. The van der Waals surface area contributed by atoms with Crippen molar-refractivity contribution in [3.05, 3.63) is 52.2 Å². The summed E-state index contributed by atoms with van der Waals surface area (Å²) in [5, 5.41) is 0.293. The number of anilines is 1. The van der Waals surface area contributed by atoms with Crippen LogP contribution in [0.25, 0.3) is 0 Å². The lowest BCUT2D eigenvalue weighted by atomic mass is 9.97. The molecule has 1 aromatic carbocycles. The van der Waals surface area contributed by atoms with Crippen LogP contribution in [0.15, 0.2) is 24.3 Å². The molecule has 3 heterocycles. The van der Waals surface area contributed by atoms with Crippen LogP contribution >= 0.6 is 11.6 Å². The summed E-state index contributed by atoms with van der Waals surface area (Å²) >= 11 is 6.25. The quantitative estimate of drug-likeness (QED) is 0.783. The molecule has 2 saturated heterocycles. The third-order valence-corrected chi connectivity index (χ3v) is 5.62. The second-order valence-electron chi connectivity index (χ2n) is 6.82. The van der Waals surface area contributed by atoms with Gasteiger partial charge in [0.25, 0.3) is 0 Å². The molecule has 0 spiro atoms. The predicted octanol–water partition coefficient (Wildman–Crippen LogP) is 3.32. The molecule has 24 heavy (non-hydrogen) atoms. The minimum Gasteiger partial charge on any atom is -0.374 e. The lowest BCUT2D eigenvalue weighted by Crippen LogP contribution is -2.38. The first-order chi connectivity index (χ1) is 11.7. The van der Waals surface area contributed by atoms with Gasteiger partial charge in [-0.2, -0.15) is 0 Å². The van der Waals surface area contributed by atoms with Crippen molar-refractivity contribution in [1.82, 2.24) is 9.97 Å². The normalized spacial score (nSPS) is 27.8. The van der Waals surface area contributed by atoms with Crippen molar-refractivity contribution in [2.45, 2.75) is 37.3 Å². The molecule has 4 nitrogen and oxygen atoms in total. The van der Waals surface area contributed by atoms with Gasteiger partial charge in [-0.05, 0) is 48.6 Å². The zero-order valence-corrected chi connectivity index (χ0v) is 13.8. The summed E-state index contributed by atoms with van der Waals surface area (Å²) in [6.07, 6.45) is 3.27. The average molecular weight is 346 g/mol. The fourth-order valence-corrected chi connectivity index (χ4v) is 4.50. The molecule has 0 amide bonds. The third-order valence-electron chi connectivity index (χ3n) is 5.45. The largest absolute Gasteiger partial charge is 0.374 e. The second-order valence-corrected chi connectivity index (χ2v) is 7.16. The highest BCUT2D eigenvalue weighted by Gasteiger charge is 2.42. The summed E-state index contributed by atoms with van der Waals surface area (Å²) in [4.78, 5) is 11.4. The maximum Gasteiger partial charge on any atom is 0.224 e. The molecule has 0 saturated carbocycles. The molecule has 0 N–H and O–H groups in total. The Hall–Kier alpha value is -1.72. The van der Waals surface area contributed by atoms with E-state index in [-0.39, 0.29) is 11.7 Å². The summed E-state index contributed by atoms with van der Waals surface area (Å²) < 4.78 is 18.9. The second kappa shape index (κ2) is 5.39. The molecule has 1 aromatic heterocycles. The molecule has 5 rings (SSSR count). The van der Waals surface area contributed by atoms with Gasteiger partial charge in [-0.3, -0.25) is 0 Å². The summed E-state index contributed by atoms with van der Waals surface area (Å²) in [6.45, 7) is 1.65. The Bertz CT molecular complexity index is 798. The molecule has 2 bridgehead atoms. The van der Waals surface area contributed by atoms with Crippen LogP contribution < -0.4 is 4.90 Å². The summed E-state index contributed by atoms with van der Waals surface area (Å²) in [6, 6.07) is 7.10. The highest BCUT2D eigenvalue weighted by atomic mass is 35.5. The highest BCUT2D eigenvalue weighted by Crippen LogP contribution is 2.43. The number of halogens is 2. The van der Waals surface area contributed by atoms with Gasteiger partial charge in [0, 0.05) is 18.0 Å².